The highest BCUT2D eigenvalue weighted by molar-refractivity contribution is 7.36. The molecule has 5 N–H and O–H groups in total. The number of rotatable bonds is 8. The average Bonchev–Trinajstić information content (AvgIpc) is 2.86. The molecule has 2 heterocycles. The van der Waals surface area contributed by atoms with Crippen LogP contribution in [0.1, 0.15) is 32.1 Å². The number of nitrogens with one attached hydrogen (secondary N) is 1. The first kappa shape index (κ1) is 16.8. The summed E-state index contributed by atoms with van der Waals surface area (Å²) < 4.78 is 27.7. The van der Waals surface area contributed by atoms with E-state index in [-0.39, 0.29) is 23.4 Å². The Labute approximate surface area is 127 Å². The van der Waals surface area contributed by atoms with Crippen LogP contribution >= 0.6 is 8.73 Å². The second kappa shape index (κ2) is 7.11. The number of imidazole rings is 1. The lowest BCUT2D eigenvalue weighted by Gasteiger charge is -2.12. The highest BCUT2D eigenvalue weighted by Crippen LogP contribution is 2.34. The maximum absolute atomic E-state index is 13.0. The minimum atomic E-state index is -2.73. The maximum atomic E-state index is 13.0. The molecular formula is C12H19F2N6OP. The molecule has 0 spiro atoms. The molecule has 0 bridgehead atoms. The predicted molar refractivity (Wildman–Crippen MR) is 83.1 cm³/mol. The summed E-state index contributed by atoms with van der Waals surface area (Å²) in [6.07, 6.45) is 4.13. The summed E-state index contributed by atoms with van der Waals surface area (Å²) in [6.45, 7) is 0.613. The van der Waals surface area contributed by atoms with Crippen molar-refractivity contribution in [2.45, 2.75) is 44.3 Å². The van der Waals surface area contributed by atoms with E-state index in [1.165, 1.54) is 6.33 Å². The molecule has 0 aliphatic carbocycles. The number of H-pyrrole nitrogens is 1. The van der Waals surface area contributed by atoms with Gasteiger partial charge in [0.05, 0.1) is 6.33 Å². The number of nitrogens with zero attached hydrogens (tertiary/aromatic N) is 3. The summed E-state index contributed by atoms with van der Waals surface area (Å²) in [4.78, 5) is 22.1. The Morgan fingerprint density at radius 3 is 2.77 bits per heavy atom. The van der Waals surface area contributed by atoms with Crippen molar-refractivity contribution in [1.29, 1.82) is 0 Å². The molecule has 10 heteroatoms. The van der Waals surface area contributed by atoms with E-state index in [1.807, 2.05) is 0 Å². The molecule has 22 heavy (non-hydrogen) atoms. The molecule has 0 aliphatic rings. The highest BCUT2D eigenvalue weighted by atomic mass is 31.1. The first-order chi connectivity index (χ1) is 10.4. The third-order valence-corrected chi connectivity index (χ3v) is 4.02. The lowest BCUT2D eigenvalue weighted by molar-refractivity contribution is 0.0877. The second-order valence-corrected chi connectivity index (χ2v) is 6.09. The second-order valence-electron chi connectivity index (χ2n) is 5.07. The fourth-order valence-corrected chi connectivity index (χ4v) is 2.51. The fraction of sp³-hybridized carbons (Fsp3) is 0.583. The zero-order valence-electron chi connectivity index (χ0n) is 12.0. The van der Waals surface area contributed by atoms with Crippen molar-refractivity contribution >= 4 is 25.8 Å². The molecular weight excluding hydrogens is 313 g/mol. The van der Waals surface area contributed by atoms with Gasteiger partial charge in [-0.1, -0.05) is 12.8 Å². The third kappa shape index (κ3) is 4.20. The van der Waals surface area contributed by atoms with Crippen LogP contribution in [0.4, 0.5) is 14.7 Å². The zero-order valence-corrected chi connectivity index (χ0v) is 13.0. The molecule has 1 atom stereocenters. The van der Waals surface area contributed by atoms with Crippen LogP contribution in [-0.4, -0.2) is 25.2 Å². The topological polar surface area (TPSA) is 116 Å². The van der Waals surface area contributed by atoms with Crippen LogP contribution in [0, 0.1) is 0 Å². The molecule has 2 aromatic heterocycles. The Morgan fingerprint density at radius 1 is 1.32 bits per heavy atom. The minimum absolute atomic E-state index is 0.0455. The normalized spacial score (nSPS) is 12.7. The van der Waals surface area contributed by atoms with Crippen molar-refractivity contribution in [3.05, 3.63) is 16.7 Å². The number of alkyl halides is 2. The molecule has 0 saturated heterocycles. The van der Waals surface area contributed by atoms with E-state index in [2.05, 4.69) is 15.0 Å². The molecule has 0 amide bonds. The molecule has 0 saturated carbocycles. The Kier molecular flexibility index (Phi) is 5.42. The van der Waals surface area contributed by atoms with Gasteiger partial charge in [-0.15, -0.1) is 0 Å². The number of nitrogen functional groups attached to an aromatic ring is 1. The molecule has 0 fully saturated rings. The quantitative estimate of drug-likeness (QED) is 0.503. The first-order valence-electron chi connectivity index (χ1n) is 6.99. The number of unbranched alkanes of at least 4 members (excludes halogenated alkanes) is 3. The van der Waals surface area contributed by atoms with Gasteiger partial charge in [-0.3, -0.25) is 9.78 Å². The number of anilines is 1. The van der Waals surface area contributed by atoms with Gasteiger partial charge in [0.15, 0.2) is 11.2 Å². The summed E-state index contributed by atoms with van der Waals surface area (Å²) in [7, 11) is -0.834. The van der Waals surface area contributed by atoms with Gasteiger partial charge < -0.3 is 15.8 Å². The Hall–Kier alpha value is -1.60. The number of halogens is 2. The van der Waals surface area contributed by atoms with Crippen LogP contribution in [0.5, 0.6) is 0 Å². The van der Waals surface area contributed by atoms with E-state index in [0.717, 1.165) is 12.8 Å². The smallest absolute Gasteiger partial charge is 0.280 e. The fourth-order valence-electron chi connectivity index (χ4n) is 2.19. The summed E-state index contributed by atoms with van der Waals surface area (Å²) in [5, 5.41) is 0. The lowest BCUT2D eigenvalue weighted by Crippen LogP contribution is -2.12. The zero-order chi connectivity index (χ0) is 16.2. The number of aromatic amines is 1. The Balaban J connectivity index is 1.82. The van der Waals surface area contributed by atoms with Crippen LogP contribution in [0.15, 0.2) is 11.1 Å². The number of aromatic nitrogens is 4. The molecule has 1 unspecified atom stereocenters. The van der Waals surface area contributed by atoms with E-state index in [1.54, 1.807) is 4.57 Å². The van der Waals surface area contributed by atoms with Gasteiger partial charge in [0.25, 0.3) is 11.2 Å². The highest BCUT2D eigenvalue weighted by Gasteiger charge is 2.25. The van der Waals surface area contributed by atoms with Crippen LogP contribution < -0.4 is 16.8 Å². The van der Waals surface area contributed by atoms with Crippen LogP contribution in [0.25, 0.3) is 11.2 Å². The van der Waals surface area contributed by atoms with Crippen molar-refractivity contribution in [2.75, 3.05) is 5.73 Å². The minimum Gasteiger partial charge on any atom is -0.369 e. The summed E-state index contributed by atoms with van der Waals surface area (Å²) in [5.41, 5.74) is 8.11. The van der Waals surface area contributed by atoms with Crippen molar-refractivity contribution in [3.63, 3.8) is 0 Å². The van der Waals surface area contributed by atoms with Gasteiger partial charge in [0.2, 0.25) is 5.95 Å². The number of hydrogen-bond donors (Lipinski definition) is 3. The van der Waals surface area contributed by atoms with E-state index in [0.29, 0.717) is 25.0 Å². The summed E-state index contributed by atoms with van der Waals surface area (Å²) in [5.74, 6) is 0.0455. The van der Waals surface area contributed by atoms with Crippen molar-refractivity contribution in [3.8, 4) is 0 Å². The molecule has 0 radical (unpaired) electrons. The van der Waals surface area contributed by atoms with Gasteiger partial charge in [0.1, 0.15) is 0 Å². The molecule has 0 aromatic carbocycles. The van der Waals surface area contributed by atoms with E-state index < -0.39 is 14.4 Å². The van der Waals surface area contributed by atoms with Gasteiger partial charge >= 0.3 is 0 Å². The number of fused-ring (bicyclic) bond motifs is 1. The van der Waals surface area contributed by atoms with E-state index in [4.69, 9.17) is 11.2 Å². The van der Waals surface area contributed by atoms with Crippen molar-refractivity contribution in [2.24, 2.45) is 5.50 Å². The molecule has 2 rings (SSSR count). The molecule has 122 valence electrons. The van der Waals surface area contributed by atoms with Crippen LogP contribution in [-0.2, 0) is 6.54 Å². The van der Waals surface area contributed by atoms with Crippen LogP contribution in [0.3, 0.4) is 0 Å². The van der Waals surface area contributed by atoms with Gasteiger partial charge in [-0.05, 0) is 12.8 Å². The first-order valence-corrected chi connectivity index (χ1v) is 8.07. The maximum Gasteiger partial charge on any atom is 0.280 e. The van der Waals surface area contributed by atoms with Gasteiger partial charge in [0, 0.05) is 21.7 Å². The van der Waals surface area contributed by atoms with Crippen LogP contribution in [0.2, 0.25) is 0 Å². The molecule has 7 nitrogen and oxygen atoms in total. The summed E-state index contributed by atoms with van der Waals surface area (Å²) in [6, 6.07) is 0. The predicted octanol–water partition coefficient (Wildman–Crippen LogP) is 1.80. The monoisotopic (exact) mass is 332 g/mol. The Bertz CT molecular complexity index is 686. The number of hydrogen-bond acceptors (Lipinski definition) is 5. The molecule has 2 aromatic rings. The SMILES string of the molecule is NPC(F)(F)CCCCCCn1cnc2c(=O)[nH]c(N)nc21. The largest absolute Gasteiger partial charge is 0.369 e. The van der Waals surface area contributed by atoms with Crippen molar-refractivity contribution < 1.29 is 8.78 Å². The number of nitrogens with two attached hydrogens (primary N) is 2. The van der Waals surface area contributed by atoms with Gasteiger partial charge in [-0.25, -0.2) is 13.8 Å². The standard InChI is InChI=1S/C12H19F2N6OP/c13-12(14,22-16)5-3-1-2-4-6-20-7-17-8-9(20)18-11(15)19-10(8)21/h7,22H,1-6,16H2,(H3,15,18,19,21). The third-order valence-electron chi connectivity index (χ3n) is 3.34. The van der Waals surface area contributed by atoms with Crippen molar-refractivity contribution in [1.82, 2.24) is 19.5 Å². The average molecular weight is 332 g/mol. The van der Waals surface area contributed by atoms with E-state index >= 15 is 0 Å². The Morgan fingerprint density at radius 2 is 2.05 bits per heavy atom. The molecule has 0 aliphatic heterocycles. The van der Waals surface area contributed by atoms with Gasteiger partial charge in [-0.2, -0.15) is 4.98 Å². The number of aryl methyl sites for hydroxylation is 1. The van der Waals surface area contributed by atoms with E-state index in [9.17, 15) is 13.6 Å². The summed E-state index contributed by atoms with van der Waals surface area (Å²) >= 11 is 0. The lowest BCUT2D eigenvalue weighted by atomic mass is 10.1.